The Morgan fingerprint density at radius 1 is 1.24 bits per heavy atom. The van der Waals surface area contributed by atoms with Crippen molar-refractivity contribution in [3.05, 3.63) is 48.0 Å². The summed E-state index contributed by atoms with van der Waals surface area (Å²) >= 11 is 0. The summed E-state index contributed by atoms with van der Waals surface area (Å²) in [6, 6.07) is 8.49. The van der Waals surface area contributed by atoms with Crippen LogP contribution >= 0.6 is 0 Å². The van der Waals surface area contributed by atoms with Crippen LogP contribution in [0.5, 0.6) is 5.75 Å². The Kier molecular flexibility index (Phi) is 3.47. The maximum atomic E-state index is 5.66. The molecule has 2 rings (SSSR count). The first-order chi connectivity index (χ1) is 8.15. The van der Waals surface area contributed by atoms with Gasteiger partial charge in [0.2, 0.25) is 0 Å². The van der Waals surface area contributed by atoms with Gasteiger partial charge in [0, 0.05) is 12.2 Å². The number of ether oxygens (including phenoxy) is 1. The summed E-state index contributed by atoms with van der Waals surface area (Å²) in [6.45, 7) is 6.84. The lowest BCUT2D eigenvalue weighted by Gasteiger charge is -2.05. The molecule has 0 unspecified atom stereocenters. The van der Waals surface area contributed by atoms with E-state index in [-0.39, 0.29) is 0 Å². The zero-order chi connectivity index (χ0) is 12.3. The van der Waals surface area contributed by atoms with E-state index in [2.05, 4.69) is 30.3 Å². The third-order valence-electron chi connectivity index (χ3n) is 2.66. The first-order valence-electron chi connectivity index (χ1n) is 5.87. The summed E-state index contributed by atoms with van der Waals surface area (Å²) in [5, 5.41) is 0. The van der Waals surface area contributed by atoms with Crippen molar-refractivity contribution in [1.82, 2.24) is 9.55 Å². The molecule has 17 heavy (non-hydrogen) atoms. The van der Waals surface area contributed by atoms with Crippen LogP contribution in [0.3, 0.4) is 0 Å². The molecule has 0 amide bonds. The summed E-state index contributed by atoms with van der Waals surface area (Å²) in [5.41, 5.74) is 2.20. The van der Waals surface area contributed by atoms with E-state index in [4.69, 9.17) is 4.74 Å². The Morgan fingerprint density at radius 3 is 2.53 bits per heavy atom. The molecule has 0 bridgehead atoms. The number of benzene rings is 1. The average molecular weight is 230 g/mol. The predicted molar refractivity (Wildman–Crippen MR) is 68.1 cm³/mol. The minimum absolute atomic E-state index is 0.440. The van der Waals surface area contributed by atoms with Gasteiger partial charge in [0.25, 0.3) is 0 Å². The number of aryl methyl sites for hydroxylation is 1. The third kappa shape index (κ3) is 3.09. The van der Waals surface area contributed by atoms with Gasteiger partial charge in [-0.05, 0) is 32.9 Å². The zero-order valence-electron chi connectivity index (χ0n) is 10.6. The van der Waals surface area contributed by atoms with E-state index in [1.165, 1.54) is 5.56 Å². The number of hydrogen-bond acceptors (Lipinski definition) is 2. The lowest BCUT2D eigenvalue weighted by molar-refractivity contribution is 0.301. The van der Waals surface area contributed by atoms with E-state index in [9.17, 15) is 0 Å². The number of rotatable bonds is 4. The topological polar surface area (TPSA) is 27.1 Å². The Balaban J connectivity index is 1.95. The Bertz CT molecular complexity index is 471. The minimum atomic E-state index is 0.440. The predicted octanol–water partition coefficient (Wildman–Crippen LogP) is 3.35. The van der Waals surface area contributed by atoms with Crippen LogP contribution in [-0.2, 0) is 6.61 Å². The van der Waals surface area contributed by atoms with E-state index < -0.39 is 0 Å². The van der Waals surface area contributed by atoms with Gasteiger partial charge in [0.05, 0.1) is 12.0 Å². The molecule has 0 N–H and O–H groups in total. The standard InChI is InChI=1S/C14H18N2O/c1-11(2)16-8-13(15-10-16)9-17-14-6-4-12(3)5-7-14/h4-8,10-11H,9H2,1-3H3. The molecule has 1 aromatic carbocycles. The van der Waals surface area contributed by atoms with Crippen LogP contribution in [-0.4, -0.2) is 9.55 Å². The summed E-state index contributed by atoms with van der Waals surface area (Å²) < 4.78 is 7.74. The number of nitrogens with zero attached hydrogens (tertiary/aromatic N) is 2. The molecule has 0 radical (unpaired) electrons. The highest BCUT2D eigenvalue weighted by molar-refractivity contribution is 5.26. The van der Waals surface area contributed by atoms with Crippen molar-refractivity contribution >= 4 is 0 Å². The molecule has 2 aromatic rings. The number of imidazole rings is 1. The van der Waals surface area contributed by atoms with Gasteiger partial charge in [-0.2, -0.15) is 0 Å². The molecule has 90 valence electrons. The average Bonchev–Trinajstić information content (AvgIpc) is 2.77. The third-order valence-corrected chi connectivity index (χ3v) is 2.66. The number of aromatic nitrogens is 2. The van der Waals surface area contributed by atoms with Gasteiger partial charge in [-0.25, -0.2) is 4.98 Å². The first kappa shape index (κ1) is 11.7. The normalized spacial score (nSPS) is 10.8. The monoisotopic (exact) mass is 230 g/mol. The van der Waals surface area contributed by atoms with E-state index in [0.717, 1.165) is 11.4 Å². The van der Waals surface area contributed by atoms with E-state index in [1.807, 2.05) is 36.8 Å². The van der Waals surface area contributed by atoms with Crippen LogP contribution in [0.2, 0.25) is 0 Å². The van der Waals surface area contributed by atoms with E-state index in [1.54, 1.807) is 0 Å². The molecule has 0 aliphatic rings. The van der Waals surface area contributed by atoms with E-state index >= 15 is 0 Å². The minimum Gasteiger partial charge on any atom is -0.487 e. The summed E-state index contributed by atoms with van der Waals surface area (Å²) in [5.74, 6) is 0.884. The second-order valence-corrected chi connectivity index (χ2v) is 4.51. The second kappa shape index (κ2) is 5.04. The van der Waals surface area contributed by atoms with Gasteiger partial charge in [-0.1, -0.05) is 17.7 Å². The van der Waals surface area contributed by atoms with Gasteiger partial charge in [-0.3, -0.25) is 0 Å². The quantitative estimate of drug-likeness (QED) is 0.805. The highest BCUT2D eigenvalue weighted by atomic mass is 16.5. The molecule has 3 nitrogen and oxygen atoms in total. The van der Waals surface area contributed by atoms with Gasteiger partial charge in [0.1, 0.15) is 12.4 Å². The maximum absolute atomic E-state index is 5.66. The molecule has 0 saturated heterocycles. The van der Waals surface area contributed by atoms with Gasteiger partial charge >= 0.3 is 0 Å². The van der Waals surface area contributed by atoms with Gasteiger partial charge in [0.15, 0.2) is 0 Å². The van der Waals surface area contributed by atoms with Crippen LogP contribution in [0.4, 0.5) is 0 Å². The van der Waals surface area contributed by atoms with Gasteiger partial charge < -0.3 is 9.30 Å². The molecule has 0 aliphatic heterocycles. The van der Waals surface area contributed by atoms with Crippen LogP contribution in [0.25, 0.3) is 0 Å². The summed E-state index contributed by atoms with van der Waals surface area (Å²) in [7, 11) is 0. The molecule has 0 atom stereocenters. The van der Waals surface area contributed by atoms with Crippen molar-refractivity contribution in [2.75, 3.05) is 0 Å². The fraction of sp³-hybridized carbons (Fsp3) is 0.357. The first-order valence-corrected chi connectivity index (χ1v) is 5.87. The Labute approximate surface area is 102 Å². The van der Waals surface area contributed by atoms with E-state index in [0.29, 0.717) is 12.6 Å². The van der Waals surface area contributed by atoms with Crippen molar-refractivity contribution in [1.29, 1.82) is 0 Å². The molecular formula is C14H18N2O. The lowest BCUT2D eigenvalue weighted by Crippen LogP contribution is -1.97. The smallest absolute Gasteiger partial charge is 0.132 e. The van der Waals surface area contributed by atoms with Crippen molar-refractivity contribution in [2.24, 2.45) is 0 Å². The highest BCUT2D eigenvalue weighted by Gasteiger charge is 2.02. The van der Waals surface area contributed by atoms with Gasteiger partial charge in [-0.15, -0.1) is 0 Å². The van der Waals surface area contributed by atoms with Crippen molar-refractivity contribution in [3.8, 4) is 5.75 Å². The number of hydrogen-bond donors (Lipinski definition) is 0. The van der Waals surface area contributed by atoms with Crippen LogP contribution < -0.4 is 4.74 Å². The molecular weight excluding hydrogens is 212 g/mol. The Morgan fingerprint density at radius 2 is 1.94 bits per heavy atom. The largest absolute Gasteiger partial charge is 0.487 e. The summed E-state index contributed by atoms with van der Waals surface area (Å²) in [4.78, 5) is 4.31. The summed E-state index contributed by atoms with van der Waals surface area (Å²) in [6.07, 6.45) is 3.87. The fourth-order valence-electron chi connectivity index (χ4n) is 1.53. The lowest BCUT2D eigenvalue weighted by atomic mass is 10.2. The second-order valence-electron chi connectivity index (χ2n) is 4.51. The fourth-order valence-corrected chi connectivity index (χ4v) is 1.53. The maximum Gasteiger partial charge on any atom is 0.132 e. The Hall–Kier alpha value is -1.77. The molecule has 0 fully saturated rings. The van der Waals surface area contributed by atoms with Crippen LogP contribution in [0.15, 0.2) is 36.8 Å². The molecule has 1 heterocycles. The van der Waals surface area contributed by atoms with Crippen molar-refractivity contribution in [3.63, 3.8) is 0 Å². The molecule has 3 heteroatoms. The highest BCUT2D eigenvalue weighted by Crippen LogP contribution is 2.13. The van der Waals surface area contributed by atoms with Crippen molar-refractivity contribution < 1.29 is 4.74 Å². The van der Waals surface area contributed by atoms with Crippen LogP contribution in [0, 0.1) is 6.92 Å². The molecule has 1 aromatic heterocycles. The molecule has 0 aliphatic carbocycles. The zero-order valence-corrected chi connectivity index (χ0v) is 10.6. The van der Waals surface area contributed by atoms with Crippen molar-refractivity contribution in [2.45, 2.75) is 33.4 Å². The molecule has 0 saturated carbocycles. The van der Waals surface area contributed by atoms with Crippen LogP contribution in [0.1, 0.15) is 31.1 Å². The SMILES string of the molecule is Cc1ccc(OCc2cn(C(C)C)cn2)cc1. The molecule has 0 spiro atoms.